The van der Waals surface area contributed by atoms with E-state index in [9.17, 15) is 4.21 Å². The molecule has 0 heterocycles. The van der Waals surface area contributed by atoms with Crippen LogP contribution in [0.3, 0.4) is 0 Å². The fourth-order valence-electron chi connectivity index (χ4n) is 2.00. The van der Waals surface area contributed by atoms with E-state index in [1.165, 1.54) is 11.1 Å². The van der Waals surface area contributed by atoms with E-state index in [4.69, 9.17) is 4.74 Å². The number of rotatable bonds is 5. The highest BCUT2D eigenvalue weighted by molar-refractivity contribution is 7.86. The quantitative estimate of drug-likeness (QED) is 0.821. The van der Waals surface area contributed by atoms with Crippen LogP contribution in [0.5, 0.6) is 0 Å². The number of benzene rings is 1. The number of aryl methyl sites for hydroxylation is 1. The maximum Gasteiger partial charge on any atom is 0.0878 e. The first-order valence-electron chi connectivity index (χ1n) is 6.73. The van der Waals surface area contributed by atoms with Gasteiger partial charge in [0.2, 0.25) is 0 Å². The minimum absolute atomic E-state index is 0.170. The fourth-order valence-corrected chi connectivity index (χ4v) is 2.85. The van der Waals surface area contributed by atoms with Gasteiger partial charge in [0.25, 0.3) is 0 Å². The second-order valence-electron chi connectivity index (χ2n) is 6.34. The van der Waals surface area contributed by atoms with Crippen molar-refractivity contribution in [3.63, 3.8) is 0 Å². The first-order valence-corrected chi connectivity index (χ1v) is 8.05. The number of hydrogen-bond acceptors (Lipinski definition) is 2. The summed E-state index contributed by atoms with van der Waals surface area (Å²) in [4.78, 5) is 0. The van der Waals surface area contributed by atoms with E-state index < -0.39 is 10.8 Å². The molecule has 0 N–H and O–H groups in total. The van der Waals surface area contributed by atoms with E-state index in [1.807, 2.05) is 32.9 Å². The Morgan fingerprint density at radius 2 is 1.68 bits per heavy atom. The van der Waals surface area contributed by atoms with Gasteiger partial charge in [0, 0.05) is 21.3 Å². The molecule has 1 atom stereocenters. The molecule has 108 valence electrons. The fraction of sp³-hybridized carbons (Fsp3) is 0.625. The van der Waals surface area contributed by atoms with Crippen LogP contribution in [-0.2, 0) is 21.1 Å². The number of hydrogen-bond donors (Lipinski definition) is 0. The lowest BCUT2D eigenvalue weighted by Crippen LogP contribution is -2.29. The van der Waals surface area contributed by atoms with Gasteiger partial charge in [0.1, 0.15) is 0 Å². The van der Waals surface area contributed by atoms with E-state index in [-0.39, 0.29) is 10.3 Å². The van der Waals surface area contributed by atoms with Crippen molar-refractivity contribution in [2.45, 2.75) is 51.9 Å². The van der Waals surface area contributed by atoms with Crippen molar-refractivity contribution >= 4 is 10.8 Å². The zero-order chi connectivity index (χ0) is 14.7. The monoisotopic (exact) mass is 282 g/mol. The Balaban J connectivity index is 2.62. The third kappa shape index (κ3) is 4.73. The highest BCUT2D eigenvalue weighted by Crippen LogP contribution is 2.27. The van der Waals surface area contributed by atoms with Gasteiger partial charge in [-0.15, -0.1) is 0 Å². The topological polar surface area (TPSA) is 26.3 Å². The summed E-state index contributed by atoms with van der Waals surface area (Å²) in [6.45, 7) is 12.7. The van der Waals surface area contributed by atoms with Gasteiger partial charge in [0.15, 0.2) is 0 Å². The summed E-state index contributed by atoms with van der Waals surface area (Å²) in [6.07, 6.45) is 0. The Morgan fingerprint density at radius 1 is 1.11 bits per heavy atom. The summed E-state index contributed by atoms with van der Waals surface area (Å²) in [5, 5.41) is 0. The van der Waals surface area contributed by atoms with Crippen LogP contribution in [0.4, 0.5) is 0 Å². The van der Waals surface area contributed by atoms with Gasteiger partial charge in [-0.25, -0.2) is 0 Å². The molecule has 1 aromatic carbocycles. The summed E-state index contributed by atoms with van der Waals surface area (Å²) in [6, 6.07) is 8.24. The van der Waals surface area contributed by atoms with Gasteiger partial charge in [0.05, 0.1) is 12.2 Å². The maximum atomic E-state index is 12.0. The minimum Gasteiger partial charge on any atom is -0.370 e. The molecule has 0 spiro atoms. The molecule has 0 aliphatic heterocycles. The average Bonchev–Trinajstić information content (AvgIpc) is 2.27. The van der Waals surface area contributed by atoms with Crippen molar-refractivity contribution in [2.24, 2.45) is 0 Å². The van der Waals surface area contributed by atoms with Crippen LogP contribution >= 0.6 is 0 Å². The van der Waals surface area contributed by atoms with Crippen LogP contribution < -0.4 is 0 Å². The molecule has 1 unspecified atom stereocenters. The summed E-state index contributed by atoms with van der Waals surface area (Å²) >= 11 is 0. The Hall–Kier alpha value is -0.670. The zero-order valence-corrected chi connectivity index (χ0v) is 13.8. The summed E-state index contributed by atoms with van der Waals surface area (Å²) < 4.78 is 17.8. The van der Waals surface area contributed by atoms with Crippen molar-refractivity contribution in [1.29, 1.82) is 0 Å². The molecule has 0 amide bonds. The van der Waals surface area contributed by atoms with Crippen LogP contribution in [0.25, 0.3) is 0 Å². The third-order valence-electron chi connectivity index (χ3n) is 3.21. The molecule has 1 aromatic rings. The molecular formula is C16H26O2S. The van der Waals surface area contributed by atoms with Crippen LogP contribution in [0.15, 0.2) is 24.3 Å². The van der Waals surface area contributed by atoms with E-state index in [2.05, 4.69) is 32.9 Å². The van der Waals surface area contributed by atoms with Crippen LogP contribution in [0.1, 0.15) is 45.7 Å². The van der Waals surface area contributed by atoms with E-state index in [0.29, 0.717) is 12.4 Å². The van der Waals surface area contributed by atoms with E-state index >= 15 is 0 Å². The van der Waals surface area contributed by atoms with Crippen LogP contribution in [0, 0.1) is 6.92 Å². The smallest absolute Gasteiger partial charge is 0.0878 e. The Labute approximate surface area is 120 Å². The molecule has 0 fully saturated rings. The lowest BCUT2D eigenvalue weighted by molar-refractivity contribution is -0.0132. The standard InChI is InChI=1S/C16H26O2S/c1-13-9-7-8-10-14(13)16(5,6)18-11-12-19(17)15(2,3)4/h7-10H,11-12H2,1-6H3. The minimum atomic E-state index is -0.859. The Kier molecular flexibility index (Phi) is 5.34. The van der Waals surface area contributed by atoms with Crippen molar-refractivity contribution in [3.05, 3.63) is 35.4 Å². The largest absolute Gasteiger partial charge is 0.370 e. The summed E-state index contributed by atoms with van der Waals surface area (Å²) in [5.41, 5.74) is 2.08. The third-order valence-corrected chi connectivity index (χ3v) is 5.11. The van der Waals surface area contributed by atoms with Crippen LogP contribution in [0.2, 0.25) is 0 Å². The van der Waals surface area contributed by atoms with Gasteiger partial charge in [-0.2, -0.15) is 0 Å². The van der Waals surface area contributed by atoms with Crippen molar-refractivity contribution in [1.82, 2.24) is 0 Å². The lowest BCUT2D eigenvalue weighted by Gasteiger charge is -2.28. The van der Waals surface area contributed by atoms with Gasteiger partial charge < -0.3 is 4.74 Å². The maximum absolute atomic E-state index is 12.0. The normalized spacial score (nSPS) is 14.4. The van der Waals surface area contributed by atoms with Crippen LogP contribution in [-0.4, -0.2) is 21.3 Å². The SMILES string of the molecule is Cc1ccccc1C(C)(C)OCCS(=O)C(C)(C)C. The molecule has 0 aliphatic carbocycles. The number of ether oxygens (including phenoxy) is 1. The van der Waals surface area contributed by atoms with Crippen molar-refractivity contribution < 1.29 is 8.95 Å². The summed E-state index contributed by atoms with van der Waals surface area (Å²) in [5.74, 6) is 0.582. The predicted molar refractivity (Wildman–Crippen MR) is 82.9 cm³/mol. The lowest BCUT2D eigenvalue weighted by atomic mass is 9.94. The first-order chi connectivity index (χ1) is 8.64. The molecule has 3 heteroatoms. The zero-order valence-electron chi connectivity index (χ0n) is 12.9. The van der Waals surface area contributed by atoms with Gasteiger partial charge in [-0.3, -0.25) is 4.21 Å². The molecule has 0 aromatic heterocycles. The second kappa shape index (κ2) is 6.19. The Bertz CT molecular complexity index is 444. The molecule has 19 heavy (non-hydrogen) atoms. The Morgan fingerprint density at radius 3 is 2.21 bits per heavy atom. The molecule has 2 nitrogen and oxygen atoms in total. The van der Waals surface area contributed by atoms with Gasteiger partial charge >= 0.3 is 0 Å². The average molecular weight is 282 g/mol. The highest BCUT2D eigenvalue weighted by atomic mass is 32.2. The van der Waals surface area contributed by atoms with Crippen molar-refractivity contribution in [3.8, 4) is 0 Å². The molecule has 1 rings (SSSR count). The first kappa shape index (κ1) is 16.4. The van der Waals surface area contributed by atoms with Crippen molar-refractivity contribution in [2.75, 3.05) is 12.4 Å². The van der Waals surface area contributed by atoms with E-state index in [1.54, 1.807) is 0 Å². The van der Waals surface area contributed by atoms with Gasteiger partial charge in [-0.05, 0) is 52.7 Å². The summed E-state index contributed by atoms with van der Waals surface area (Å²) in [7, 11) is -0.859. The molecule has 0 aliphatic rings. The molecule has 0 saturated heterocycles. The van der Waals surface area contributed by atoms with Gasteiger partial charge in [-0.1, -0.05) is 24.3 Å². The highest BCUT2D eigenvalue weighted by Gasteiger charge is 2.24. The predicted octanol–water partition coefficient (Wildman–Crippen LogP) is 3.79. The molecule has 0 bridgehead atoms. The molecular weight excluding hydrogens is 256 g/mol. The second-order valence-corrected chi connectivity index (χ2v) is 8.66. The van der Waals surface area contributed by atoms with E-state index in [0.717, 1.165) is 0 Å². The molecule has 0 saturated carbocycles. The molecule has 0 radical (unpaired) electrons.